The van der Waals surface area contributed by atoms with Gasteiger partial charge in [-0.1, -0.05) is 115 Å². The van der Waals surface area contributed by atoms with Crippen molar-refractivity contribution in [2.75, 3.05) is 6.61 Å². The van der Waals surface area contributed by atoms with E-state index in [9.17, 15) is 4.79 Å². The Hall–Kier alpha value is -3.11. The molecule has 0 saturated heterocycles. The van der Waals surface area contributed by atoms with Gasteiger partial charge in [0.1, 0.15) is 11.5 Å². The van der Waals surface area contributed by atoms with E-state index in [-0.39, 0.29) is 18.2 Å². The second-order valence-electron chi connectivity index (χ2n) is 11.4. The van der Waals surface area contributed by atoms with E-state index in [2.05, 4.69) is 52.0 Å². The first kappa shape index (κ1) is 33.4. The molecule has 3 aromatic rings. The highest BCUT2D eigenvalue weighted by atomic mass is 16.5. The molecule has 0 bridgehead atoms. The Labute approximate surface area is 254 Å². The molecule has 0 aliphatic carbocycles. The molecule has 4 nitrogen and oxygen atoms in total. The summed E-state index contributed by atoms with van der Waals surface area (Å²) in [5.41, 5.74) is 3.86. The van der Waals surface area contributed by atoms with Crippen molar-refractivity contribution in [1.29, 1.82) is 0 Å². The summed E-state index contributed by atoms with van der Waals surface area (Å²) in [6.45, 7) is 9.57. The summed E-state index contributed by atoms with van der Waals surface area (Å²) in [7, 11) is 0. The van der Waals surface area contributed by atoms with Crippen LogP contribution >= 0.6 is 0 Å². The molecule has 0 radical (unpaired) electrons. The second-order valence-corrected chi connectivity index (χ2v) is 11.4. The number of hydrogen-bond donors (Lipinski definition) is 0. The lowest BCUT2D eigenvalue weighted by atomic mass is 10.0. The van der Waals surface area contributed by atoms with Crippen molar-refractivity contribution < 1.29 is 19.0 Å². The van der Waals surface area contributed by atoms with Crippen LogP contribution in [-0.4, -0.2) is 18.7 Å². The van der Waals surface area contributed by atoms with Gasteiger partial charge >= 0.3 is 5.97 Å². The molecule has 0 spiro atoms. The third-order valence-electron chi connectivity index (χ3n) is 7.78. The first-order chi connectivity index (χ1) is 20.5. The lowest BCUT2D eigenvalue weighted by Gasteiger charge is -2.18. The maximum atomic E-state index is 12.8. The van der Waals surface area contributed by atoms with Crippen LogP contribution < -0.4 is 9.47 Å². The minimum absolute atomic E-state index is 0.0794. The topological polar surface area (TPSA) is 44.8 Å². The highest BCUT2D eigenvalue weighted by molar-refractivity contribution is 5.91. The van der Waals surface area contributed by atoms with Gasteiger partial charge in [-0.05, 0) is 79.3 Å². The zero-order valence-corrected chi connectivity index (χ0v) is 26.4. The number of benzene rings is 3. The maximum absolute atomic E-state index is 12.8. The van der Waals surface area contributed by atoms with Gasteiger partial charge in [-0.3, -0.25) is 0 Å². The van der Waals surface area contributed by atoms with E-state index >= 15 is 0 Å². The van der Waals surface area contributed by atoms with E-state index < -0.39 is 0 Å². The molecule has 0 aliphatic rings. The Morgan fingerprint density at radius 1 is 0.619 bits per heavy atom. The fourth-order valence-corrected chi connectivity index (χ4v) is 5.12. The van der Waals surface area contributed by atoms with E-state index in [1.165, 1.54) is 50.5 Å². The van der Waals surface area contributed by atoms with Gasteiger partial charge in [0.05, 0.1) is 17.8 Å². The normalized spacial score (nSPS) is 12.6. The molecule has 42 heavy (non-hydrogen) atoms. The number of rotatable bonds is 20. The molecule has 3 rings (SSSR count). The monoisotopic (exact) mass is 572 g/mol. The van der Waals surface area contributed by atoms with Gasteiger partial charge in [-0.2, -0.15) is 0 Å². The first-order valence-corrected chi connectivity index (χ1v) is 16.3. The van der Waals surface area contributed by atoms with E-state index in [0.29, 0.717) is 11.3 Å². The van der Waals surface area contributed by atoms with Gasteiger partial charge in [0.15, 0.2) is 0 Å². The molecule has 228 valence electrons. The Balaban J connectivity index is 1.46. The minimum atomic E-state index is -0.371. The number of unbranched alkanes of at least 4 members (excludes halogenated alkanes) is 7. The van der Waals surface area contributed by atoms with Crippen molar-refractivity contribution in [1.82, 2.24) is 0 Å². The van der Waals surface area contributed by atoms with Crippen LogP contribution in [0.5, 0.6) is 11.5 Å². The van der Waals surface area contributed by atoms with E-state index in [4.69, 9.17) is 14.2 Å². The third-order valence-corrected chi connectivity index (χ3v) is 7.78. The number of ether oxygens (including phenoxy) is 3. The largest absolute Gasteiger partial charge is 0.490 e. The molecular formula is C38H52O4. The predicted octanol–water partition coefficient (Wildman–Crippen LogP) is 11.1. The summed E-state index contributed by atoms with van der Waals surface area (Å²) >= 11 is 0. The molecule has 0 aliphatic heterocycles. The van der Waals surface area contributed by atoms with Gasteiger partial charge in [0.2, 0.25) is 0 Å². The van der Waals surface area contributed by atoms with Crippen molar-refractivity contribution in [2.45, 2.75) is 117 Å². The third kappa shape index (κ3) is 11.6. The van der Waals surface area contributed by atoms with Crippen molar-refractivity contribution in [3.05, 3.63) is 83.9 Å². The average Bonchev–Trinajstić information content (AvgIpc) is 3.02. The summed E-state index contributed by atoms with van der Waals surface area (Å²) in [6, 6.07) is 23.4. The van der Waals surface area contributed by atoms with Gasteiger partial charge in [-0.25, -0.2) is 4.79 Å². The highest BCUT2D eigenvalue weighted by Crippen LogP contribution is 2.26. The Morgan fingerprint density at radius 2 is 1.19 bits per heavy atom. The fraction of sp³-hybridized carbons (Fsp3) is 0.500. The van der Waals surface area contributed by atoms with Crippen LogP contribution in [0.25, 0.3) is 11.1 Å². The van der Waals surface area contributed by atoms with Gasteiger partial charge in [0, 0.05) is 6.61 Å². The molecule has 2 unspecified atom stereocenters. The predicted molar refractivity (Wildman–Crippen MR) is 174 cm³/mol. The first-order valence-electron chi connectivity index (χ1n) is 16.3. The number of esters is 1. The lowest BCUT2D eigenvalue weighted by molar-refractivity contribution is 0.0627. The van der Waals surface area contributed by atoms with Crippen LogP contribution in [0.1, 0.15) is 127 Å². The van der Waals surface area contributed by atoms with Crippen LogP contribution in [0.3, 0.4) is 0 Å². The SMILES string of the molecule is CCCCCCCCCOC(C)c1ccc(-c2ccc(C(=O)Oc3ccc(OC(CCC)CCCC)cc3)cc2)cc1. The molecule has 4 heteroatoms. The Kier molecular flexibility index (Phi) is 15.2. The number of carbonyl (C=O) groups excluding carboxylic acids is 1. The van der Waals surface area contributed by atoms with E-state index in [1.54, 1.807) is 12.1 Å². The molecule has 0 heterocycles. The van der Waals surface area contributed by atoms with Crippen LogP contribution in [-0.2, 0) is 4.74 Å². The summed E-state index contributed by atoms with van der Waals surface area (Å²) in [4.78, 5) is 12.8. The summed E-state index contributed by atoms with van der Waals surface area (Å²) < 4.78 is 17.9. The van der Waals surface area contributed by atoms with E-state index in [1.807, 2.05) is 36.4 Å². The van der Waals surface area contributed by atoms with Crippen molar-refractivity contribution >= 4 is 5.97 Å². The smallest absolute Gasteiger partial charge is 0.343 e. The van der Waals surface area contributed by atoms with Crippen molar-refractivity contribution in [2.24, 2.45) is 0 Å². The van der Waals surface area contributed by atoms with Crippen LogP contribution in [0.4, 0.5) is 0 Å². The molecule has 0 aromatic heterocycles. The molecule has 3 aromatic carbocycles. The zero-order chi connectivity index (χ0) is 30.0. The average molecular weight is 573 g/mol. The summed E-state index contributed by atoms with van der Waals surface area (Å²) in [5.74, 6) is 0.953. The maximum Gasteiger partial charge on any atom is 0.343 e. The molecule has 2 atom stereocenters. The standard InChI is InChI=1S/C38H52O4/c1-5-8-10-11-12-13-14-29-40-30(4)31-17-19-32(20-18-31)33-21-23-34(24-22-33)38(39)42-37-27-25-36(26-28-37)41-35(15-7-3)16-9-6-2/h17-28,30,35H,5-16,29H2,1-4H3. The van der Waals surface area contributed by atoms with Crippen molar-refractivity contribution in [3.63, 3.8) is 0 Å². The van der Waals surface area contributed by atoms with Crippen LogP contribution in [0.2, 0.25) is 0 Å². The minimum Gasteiger partial charge on any atom is -0.490 e. The van der Waals surface area contributed by atoms with Gasteiger partial charge in [0.25, 0.3) is 0 Å². The Bertz CT molecular complexity index is 1140. The van der Waals surface area contributed by atoms with Crippen LogP contribution in [0, 0.1) is 0 Å². The highest BCUT2D eigenvalue weighted by Gasteiger charge is 2.12. The molecule has 0 fully saturated rings. The molecule has 0 saturated carbocycles. The van der Waals surface area contributed by atoms with Gasteiger partial charge in [-0.15, -0.1) is 0 Å². The molecule has 0 amide bonds. The van der Waals surface area contributed by atoms with E-state index in [0.717, 1.165) is 55.6 Å². The number of hydrogen-bond acceptors (Lipinski definition) is 4. The van der Waals surface area contributed by atoms with Crippen molar-refractivity contribution in [3.8, 4) is 22.6 Å². The zero-order valence-electron chi connectivity index (χ0n) is 26.4. The molecular weight excluding hydrogens is 520 g/mol. The summed E-state index contributed by atoms with van der Waals surface area (Å²) in [6.07, 6.45) is 14.9. The summed E-state index contributed by atoms with van der Waals surface area (Å²) in [5, 5.41) is 0. The quantitative estimate of drug-likeness (QED) is 0.0767. The lowest BCUT2D eigenvalue weighted by Crippen LogP contribution is -2.16. The van der Waals surface area contributed by atoms with Gasteiger partial charge < -0.3 is 14.2 Å². The second kappa shape index (κ2) is 19.2. The number of carbonyl (C=O) groups is 1. The fourth-order valence-electron chi connectivity index (χ4n) is 5.12. The molecule has 0 N–H and O–H groups in total. The van der Waals surface area contributed by atoms with Crippen LogP contribution in [0.15, 0.2) is 72.8 Å². The Morgan fingerprint density at radius 3 is 1.81 bits per heavy atom.